The smallest absolute Gasteiger partial charge is 0.265 e. The number of rotatable bonds is 2. The highest BCUT2D eigenvalue weighted by Crippen LogP contribution is 2.34. The Morgan fingerprint density at radius 1 is 0.880 bits per heavy atom. The van der Waals surface area contributed by atoms with E-state index in [2.05, 4.69) is 0 Å². The molecule has 0 aliphatic carbocycles. The lowest BCUT2D eigenvalue weighted by Gasteiger charge is -2.28. The van der Waals surface area contributed by atoms with Gasteiger partial charge in [0.2, 0.25) is 0 Å². The molecule has 3 aromatic carbocycles. The minimum absolute atomic E-state index is 0.0371. The molecule has 0 radical (unpaired) electrons. The maximum absolute atomic E-state index is 12.9. The van der Waals surface area contributed by atoms with Gasteiger partial charge in [0.25, 0.3) is 11.8 Å². The molecule has 0 atom stereocenters. The minimum atomic E-state index is -1.34. The molecule has 0 aromatic heterocycles. The Balaban J connectivity index is 1.99. The summed E-state index contributed by atoms with van der Waals surface area (Å²) in [4.78, 5) is 38.3. The molecular formula is C20H12NO4-. The van der Waals surface area contributed by atoms with E-state index in [1.165, 1.54) is 12.1 Å². The van der Waals surface area contributed by atoms with Gasteiger partial charge in [-0.2, -0.15) is 0 Å². The summed E-state index contributed by atoms with van der Waals surface area (Å²) < 4.78 is 0. The Bertz CT molecular complexity index is 1040. The van der Waals surface area contributed by atoms with Crippen molar-refractivity contribution in [2.75, 3.05) is 4.90 Å². The summed E-state index contributed by atoms with van der Waals surface area (Å²) in [6, 6.07) is 14.6. The Kier molecular flexibility index (Phi) is 3.18. The third kappa shape index (κ3) is 2.13. The van der Waals surface area contributed by atoms with Crippen LogP contribution in [0.4, 0.5) is 5.69 Å². The summed E-state index contributed by atoms with van der Waals surface area (Å²) in [6.45, 7) is 1.92. The van der Waals surface area contributed by atoms with Crippen LogP contribution in [0.5, 0.6) is 0 Å². The number of carbonyl (C=O) groups is 3. The number of anilines is 1. The van der Waals surface area contributed by atoms with Crippen LogP contribution in [0.3, 0.4) is 0 Å². The van der Waals surface area contributed by atoms with Crippen molar-refractivity contribution in [1.82, 2.24) is 0 Å². The number of amides is 2. The minimum Gasteiger partial charge on any atom is -0.545 e. The molecule has 2 amide bonds. The van der Waals surface area contributed by atoms with E-state index in [0.29, 0.717) is 27.6 Å². The second-order valence-corrected chi connectivity index (χ2v) is 5.96. The average molecular weight is 330 g/mol. The number of aromatic carboxylic acids is 1. The van der Waals surface area contributed by atoms with Crippen LogP contribution in [0.25, 0.3) is 10.8 Å². The van der Waals surface area contributed by atoms with Crippen LogP contribution in [0.1, 0.15) is 36.6 Å². The number of carbonyl (C=O) groups excluding carboxylic acids is 3. The summed E-state index contributed by atoms with van der Waals surface area (Å²) in [7, 11) is 0. The fourth-order valence-electron chi connectivity index (χ4n) is 3.20. The van der Waals surface area contributed by atoms with Gasteiger partial charge in [0, 0.05) is 22.1 Å². The number of carboxylic acids is 1. The van der Waals surface area contributed by atoms with E-state index in [0.717, 1.165) is 10.5 Å². The third-order valence-corrected chi connectivity index (χ3v) is 4.42. The molecule has 1 aliphatic heterocycles. The summed E-state index contributed by atoms with van der Waals surface area (Å²) in [5.74, 6) is -2.28. The van der Waals surface area contributed by atoms with Crippen LogP contribution in [0.15, 0.2) is 54.6 Å². The molecule has 1 aliphatic rings. The molecule has 0 saturated carbocycles. The lowest BCUT2D eigenvalue weighted by Crippen LogP contribution is -2.40. The predicted molar refractivity (Wildman–Crippen MR) is 90.6 cm³/mol. The largest absolute Gasteiger partial charge is 0.545 e. The number of hydrogen-bond acceptors (Lipinski definition) is 4. The first kappa shape index (κ1) is 15.1. The van der Waals surface area contributed by atoms with Crippen LogP contribution in [0.2, 0.25) is 0 Å². The molecule has 1 heterocycles. The molecule has 4 rings (SSSR count). The fraction of sp³-hybridized carbons (Fsp3) is 0.0500. The van der Waals surface area contributed by atoms with Gasteiger partial charge in [-0.15, -0.1) is 0 Å². The monoisotopic (exact) mass is 330 g/mol. The topological polar surface area (TPSA) is 77.5 Å². The second kappa shape index (κ2) is 5.27. The average Bonchev–Trinajstić information content (AvgIpc) is 2.60. The van der Waals surface area contributed by atoms with E-state index < -0.39 is 17.8 Å². The summed E-state index contributed by atoms with van der Waals surface area (Å²) >= 11 is 0. The number of imide groups is 1. The van der Waals surface area contributed by atoms with Crippen LogP contribution in [-0.4, -0.2) is 17.8 Å². The number of benzene rings is 3. The maximum Gasteiger partial charge on any atom is 0.265 e. The summed E-state index contributed by atoms with van der Waals surface area (Å²) in [6.07, 6.45) is 0. The molecule has 3 aromatic rings. The van der Waals surface area contributed by atoms with Crippen molar-refractivity contribution >= 4 is 34.2 Å². The van der Waals surface area contributed by atoms with E-state index in [9.17, 15) is 19.5 Å². The van der Waals surface area contributed by atoms with Gasteiger partial charge in [0.15, 0.2) is 0 Å². The fourth-order valence-corrected chi connectivity index (χ4v) is 3.20. The molecule has 0 saturated heterocycles. The number of aryl methyl sites for hydroxylation is 1. The van der Waals surface area contributed by atoms with Crippen molar-refractivity contribution in [3.63, 3.8) is 0 Å². The van der Waals surface area contributed by atoms with Crippen molar-refractivity contribution in [3.05, 3.63) is 76.9 Å². The van der Waals surface area contributed by atoms with E-state index in [1.807, 2.05) is 19.1 Å². The zero-order valence-electron chi connectivity index (χ0n) is 13.3. The van der Waals surface area contributed by atoms with Crippen molar-refractivity contribution in [2.45, 2.75) is 6.92 Å². The highest BCUT2D eigenvalue weighted by atomic mass is 16.4. The summed E-state index contributed by atoms with van der Waals surface area (Å²) in [5.41, 5.74) is 2.06. The Hall–Kier alpha value is -3.47. The highest BCUT2D eigenvalue weighted by molar-refractivity contribution is 6.36. The van der Waals surface area contributed by atoms with Crippen molar-refractivity contribution in [3.8, 4) is 0 Å². The zero-order valence-corrected chi connectivity index (χ0v) is 13.3. The Labute approximate surface area is 143 Å². The first-order valence-corrected chi connectivity index (χ1v) is 7.71. The predicted octanol–water partition coefficient (Wildman–Crippen LogP) is 2.31. The van der Waals surface area contributed by atoms with Gasteiger partial charge >= 0.3 is 0 Å². The number of hydrogen-bond donors (Lipinski definition) is 0. The lowest BCUT2D eigenvalue weighted by atomic mass is 9.91. The molecular weight excluding hydrogens is 318 g/mol. The van der Waals surface area contributed by atoms with Gasteiger partial charge in [-0.05, 0) is 36.6 Å². The standard InChI is InChI=1S/C20H13NO4/c1-11-5-7-12(8-6-11)21-18(22)15-4-2-3-13-14(20(24)25)9-10-16(17(13)15)19(21)23/h2-10H,1H3,(H,24,25)/p-1. The van der Waals surface area contributed by atoms with E-state index in [-0.39, 0.29) is 5.56 Å². The Morgan fingerprint density at radius 2 is 1.52 bits per heavy atom. The Morgan fingerprint density at radius 3 is 2.16 bits per heavy atom. The maximum atomic E-state index is 12.9. The molecule has 0 spiro atoms. The van der Waals surface area contributed by atoms with E-state index >= 15 is 0 Å². The van der Waals surface area contributed by atoms with Crippen molar-refractivity contribution < 1.29 is 19.5 Å². The number of carboxylic acid groups (broad SMARTS) is 1. The van der Waals surface area contributed by atoms with Gasteiger partial charge in [-0.1, -0.05) is 35.9 Å². The van der Waals surface area contributed by atoms with Gasteiger partial charge in [0.1, 0.15) is 0 Å². The second-order valence-electron chi connectivity index (χ2n) is 5.96. The molecule has 122 valence electrons. The lowest BCUT2D eigenvalue weighted by molar-refractivity contribution is -0.254. The van der Waals surface area contributed by atoms with E-state index in [4.69, 9.17) is 0 Å². The molecule has 0 N–H and O–H groups in total. The van der Waals surface area contributed by atoms with Gasteiger partial charge in [0.05, 0.1) is 11.7 Å². The van der Waals surface area contributed by atoms with Gasteiger partial charge in [-0.3, -0.25) is 9.59 Å². The highest BCUT2D eigenvalue weighted by Gasteiger charge is 2.34. The molecule has 5 nitrogen and oxygen atoms in total. The molecule has 25 heavy (non-hydrogen) atoms. The number of nitrogens with zero attached hydrogens (tertiary/aromatic N) is 1. The first-order valence-electron chi connectivity index (χ1n) is 7.71. The van der Waals surface area contributed by atoms with E-state index in [1.54, 1.807) is 30.3 Å². The normalized spacial score (nSPS) is 13.4. The zero-order chi connectivity index (χ0) is 17.7. The van der Waals surface area contributed by atoms with Crippen molar-refractivity contribution in [1.29, 1.82) is 0 Å². The summed E-state index contributed by atoms with van der Waals surface area (Å²) in [5, 5.41) is 12.0. The quantitative estimate of drug-likeness (QED) is 0.676. The van der Waals surface area contributed by atoms with Crippen molar-refractivity contribution in [2.24, 2.45) is 0 Å². The molecule has 0 bridgehead atoms. The van der Waals surface area contributed by atoms with Gasteiger partial charge in [-0.25, -0.2) is 4.90 Å². The molecule has 0 fully saturated rings. The van der Waals surface area contributed by atoms with Crippen LogP contribution >= 0.6 is 0 Å². The molecule has 5 heteroatoms. The van der Waals surface area contributed by atoms with Crippen LogP contribution < -0.4 is 10.0 Å². The third-order valence-electron chi connectivity index (χ3n) is 4.42. The van der Waals surface area contributed by atoms with Gasteiger partial charge < -0.3 is 9.90 Å². The SMILES string of the molecule is Cc1ccc(N2C(=O)c3cccc4c(C(=O)[O-])ccc(c34)C2=O)cc1. The molecule has 0 unspecified atom stereocenters. The van der Waals surface area contributed by atoms with Crippen LogP contribution in [-0.2, 0) is 0 Å². The first-order chi connectivity index (χ1) is 12.0. The van der Waals surface area contributed by atoms with Crippen LogP contribution in [0, 0.1) is 6.92 Å².